The third-order valence-corrected chi connectivity index (χ3v) is 8.01. The number of halogens is 2. The first-order chi connectivity index (χ1) is 17.6. The van der Waals surface area contributed by atoms with Crippen molar-refractivity contribution in [3.05, 3.63) is 35.5 Å². The van der Waals surface area contributed by atoms with Crippen LogP contribution in [0.4, 0.5) is 8.78 Å². The lowest BCUT2D eigenvalue weighted by molar-refractivity contribution is -0.142. The highest BCUT2D eigenvalue weighted by molar-refractivity contribution is 5.99. The molecule has 202 valence electrons. The van der Waals surface area contributed by atoms with Crippen molar-refractivity contribution < 1.29 is 23.2 Å². The van der Waals surface area contributed by atoms with Crippen LogP contribution in [0.5, 0.6) is 0 Å². The Bertz CT molecular complexity index is 1180. The average molecular weight is 518 g/mol. The van der Waals surface area contributed by atoms with Crippen LogP contribution in [-0.2, 0) is 16.6 Å². The second-order valence-electron chi connectivity index (χ2n) is 10.4. The van der Waals surface area contributed by atoms with Gasteiger partial charge in [-0.1, -0.05) is 19.3 Å². The van der Waals surface area contributed by atoms with E-state index < -0.39 is 23.7 Å². The third-order valence-electron chi connectivity index (χ3n) is 8.01. The third kappa shape index (κ3) is 5.49. The number of likely N-dealkylation sites (N-methyl/N-ethyl adjacent to an activating group) is 1. The Hall–Kier alpha value is -3.01. The molecule has 8 nitrogen and oxygen atoms in total. The molecule has 1 aliphatic carbocycles. The van der Waals surface area contributed by atoms with Gasteiger partial charge < -0.3 is 25.0 Å². The molecule has 3 atom stereocenters. The van der Waals surface area contributed by atoms with Crippen molar-refractivity contribution in [1.82, 2.24) is 25.0 Å². The first kappa shape index (κ1) is 27.0. The van der Waals surface area contributed by atoms with E-state index in [1.807, 2.05) is 6.92 Å². The van der Waals surface area contributed by atoms with Crippen LogP contribution in [-0.4, -0.2) is 76.9 Å². The molecule has 2 N–H and O–H groups in total. The summed E-state index contributed by atoms with van der Waals surface area (Å²) < 4.78 is 29.0. The Morgan fingerprint density at radius 3 is 2.35 bits per heavy atom. The summed E-state index contributed by atoms with van der Waals surface area (Å²) in [5.41, 5.74) is 0.770. The van der Waals surface area contributed by atoms with Gasteiger partial charge in [0.25, 0.3) is 5.91 Å². The van der Waals surface area contributed by atoms with Crippen molar-refractivity contribution in [3.8, 4) is 0 Å². The second kappa shape index (κ2) is 11.2. The average Bonchev–Trinajstić information content (AvgIpc) is 3.21. The highest BCUT2D eigenvalue weighted by Crippen LogP contribution is 2.29. The van der Waals surface area contributed by atoms with Gasteiger partial charge in [0.05, 0.1) is 11.6 Å². The van der Waals surface area contributed by atoms with Gasteiger partial charge in [0, 0.05) is 44.2 Å². The number of hydrogen-bond acceptors (Lipinski definition) is 4. The first-order valence-electron chi connectivity index (χ1n) is 13.1. The Kier molecular flexibility index (Phi) is 8.16. The van der Waals surface area contributed by atoms with Gasteiger partial charge in [0.2, 0.25) is 11.8 Å². The lowest BCUT2D eigenvalue weighted by Crippen LogP contribution is -2.62. The summed E-state index contributed by atoms with van der Waals surface area (Å²) in [7, 11) is 3.36. The van der Waals surface area contributed by atoms with E-state index in [2.05, 4.69) is 10.6 Å². The fourth-order valence-corrected chi connectivity index (χ4v) is 5.61. The molecule has 0 unspecified atom stereocenters. The predicted molar refractivity (Wildman–Crippen MR) is 137 cm³/mol. The smallest absolute Gasteiger partial charge is 0.270 e. The van der Waals surface area contributed by atoms with Crippen molar-refractivity contribution in [2.24, 2.45) is 13.0 Å². The summed E-state index contributed by atoms with van der Waals surface area (Å²) in [6, 6.07) is 2.51. The number of carbonyl (C=O) groups excluding carboxylic acids is 3. The number of amides is 3. The number of nitrogens with one attached hydrogen (secondary N) is 2. The molecule has 2 aliphatic rings. The molecule has 1 saturated carbocycles. The van der Waals surface area contributed by atoms with E-state index in [0.717, 1.165) is 44.2 Å². The van der Waals surface area contributed by atoms with Crippen molar-refractivity contribution >= 4 is 28.6 Å². The summed E-state index contributed by atoms with van der Waals surface area (Å²) >= 11 is 0. The summed E-state index contributed by atoms with van der Waals surface area (Å²) in [5, 5.41) is 6.39. The standard InChI is InChI=1S/C27H37F2N5O3/c1-16-15-33(26(36)23-13-19-12-20(28)21(29)14-22(19)32(23)4)10-11-34(16)27(37)24(18-8-6-5-7-9-18)31-25(35)17(2)30-3/h12-14,16-18,24,30H,5-11,15H2,1-4H3,(H,31,35)/t16-,17+,24+/m1/s1. The molecule has 4 rings (SSSR count). The number of hydrogen-bond donors (Lipinski definition) is 2. The lowest BCUT2D eigenvalue weighted by Gasteiger charge is -2.43. The molecule has 1 aliphatic heterocycles. The number of aryl methyl sites for hydroxylation is 1. The maximum absolute atomic E-state index is 13.8. The Morgan fingerprint density at radius 1 is 1.03 bits per heavy atom. The molecule has 10 heteroatoms. The van der Waals surface area contributed by atoms with Crippen molar-refractivity contribution in [2.75, 3.05) is 26.7 Å². The highest BCUT2D eigenvalue weighted by atomic mass is 19.2. The minimum Gasteiger partial charge on any atom is -0.343 e. The SMILES string of the molecule is CN[C@@H](C)C(=O)N[C@H](C(=O)N1CCN(C(=O)c2cc3cc(F)c(F)cc3n2C)C[C@H]1C)C1CCCCC1. The van der Waals surface area contributed by atoms with E-state index in [9.17, 15) is 23.2 Å². The molecule has 37 heavy (non-hydrogen) atoms. The van der Waals surface area contributed by atoms with E-state index in [1.165, 1.54) is 0 Å². The quantitative estimate of drug-likeness (QED) is 0.617. The molecule has 2 fully saturated rings. The number of aromatic nitrogens is 1. The Morgan fingerprint density at radius 2 is 1.70 bits per heavy atom. The molecule has 2 heterocycles. The number of fused-ring (bicyclic) bond motifs is 1. The van der Waals surface area contributed by atoms with E-state index >= 15 is 0 Å². The summed E-state index contributed by atoms with van der Waals surface area (Å²) in [5.74, 6) is -2.37. The van der Waals surface area contributed by atoms with Gasteiger partial charge in [-0.3, -0.25) is 14.4 Å². The van der Waals surface area contributed by atoms with Crippen LogP contribution < -0.4 is 10.6 Å². The maximum Gasteiger partial charge on any atom is 0.270 e. The van der Waals surface area contributed by atoms with Crippen LogP contribution in [0.2, 0.25) is 0 Å². The number of nitrogens with zero attached hydrogens (tertiary/aromatic N) is 3. The van der Waals surface area contributed by atoms with Gasteiger partial charge >= 0.3 is 0 Å². The molecular formula is C27H37F2N5O3. The lowest BCUT2D eigenvalue weighted by atomic mass is 9.83. The molecule has 0 radical (unpaired) electrons. The zero-order chi connectivity index (χ0) is 26.9. The topological polar surface area (TPSA) is 86.7 Å². The van der Waals surface area contributed by atoms with E-state index in [4.69, 9.17) is 0 Å². The highest BCUT2D eigenvalue weighted by Gasteiger charge is 2.38. The second-order valence-corrected chi connectivity index (χ2v) is 10.4. The minimum absolute atomic E-state index is 0.0951. The largest absolute Gasteiger partial charge is 0.343 e. The molecule has 2 aromatic rings. The zero-order valence-electron chi connectivity index (χ0n) is 22.0. The Balaban J connectivity index is 1.49. The van der Waals surface area contributed by atoms with Crippen molar-refractivity contribution in [2.45, 2.75) is 64.1 Å². The monoisotopic (exact) mass is 517 g/mol. The minimum atomic E-state index is -0.961. The van der Waals surface area contributed by atoms with Gasteiger partial charge in [0.1, 0.15) is 11.7 Å². The van der Waals surface area contributed by atoms with E-state index in [0.29, 0.717) is 36.2 Å². The normalized spacial score (nSPS) is 20.6. The van der Waals surface area contributed by atoms with Crippen molar-refractivity contribution in [3.63, 3.8) is 0 Å². The van der Waals surface area contributed by atoms with Crippen molar-refractivity contribution in [1.29, 1.82) is 0 Å². The first-order valence-corrected chi connectivity index (χ1v) is 13.1. The van der Waals surface area contributed by atoms with Crippen LogP contribution in [0.25, 0.3) is 10.9 Å². The fourth-order valence-electron chi connectivity index (χ4n) is 5.61. The number of benzene rings is 1. The summed E-state index contributed by atoms with van der Waals surface area (Å²) in [6.07, 6.45) is 5.04. The molecule has 1 saturated heterocycles. The fraction of sp³-hybridized carbons (Fsp3) is 0.593. The number of rotatable bonds is 6. The van der Waals surface area contributed by atoms with Crippen LogP contribution in [0.15, 0.2) is 18.2 Å². The van der Waals surface area contributed by atoms with Gasteiger partial charge in [0.15, 0.2) is 11.6 Å². The Labute approximate surface area is 216 Å². The molecule has 1 aromatic heterocycles. The van der Waals surface area contributed by atoms with Crippen LogP contribution in [0.3, 0.4) is 0 Å². The van der Waals surface area contributed by atoms with E-state index in [-0.39, 0.29) is 29.7 Å². The molecule has 0 spiro atoms. The predicted octanol–water partition coefficient (Wildman–Crippen LogP) is 2.80. The number of piperazine rings is 1. The number of carbonyl (C=O) groups is 3. The van der Waals surface area contributed by atoms with Crippen LogP contribution >= 0.6 is 0 Å². The summed E-state index contributed by atoms with van der Waals surface area (Å²) in [4.78, 5) is 43.3. The summed E-state index contributed by atoms with van der Waals surface area (Å²) in [6.45, 7) is 4.67. The van der Waals surface area contributed by atoms with E-state index in [1.54, 1.807) is 41.5 Å². The van der Waals surface area contributed by atoms with Crippen LogP contribution in [0.1, 0.15) is 56.4 Å². The molecule has 0 bridgehead atoms. The zero-order valence-corrected chi connectivity index (χ0v) is 22.0. The molecule has 3 amide bonds. The van der Waals surface area contributed by atoms with Gasteiger partial charge in [-0.15, -0.1) is 0 Å². The maximum atomic E-state index is 13.8. The van der Waals surface area contributed by atoms with Crippen LogP contribution in [0, 0.1) is 17.6 Å². The molecular weight excluding hydrogens is 480 g/mol. The van der Waals surface area contributed by atoms with Gasteiger partial charge in [-0.25, -0.2) is 8.78 Å². The van der Waals surface area contributed by atoms with Gasteiger partial charge in [-0.2, -0.15) is 0 Å². The molecule has 1 aromatic carbocycles. The van der Waals surface area contributed by atoms with Gasteiger partial charge in [-0.05, 0) is 51.8 Å².